The van der Waals surface area contributed by atoms with Gasteiger partial charge in [-0.1, -0.05) is 18.2 Å². The molecule has 0 aliphatic carbocycles. The standard InChI is InChI=1S/C19H19N3O4S/c1-13(19-20-14-7-3-4-8-15(14)27-19)21(2)17(24)12-26-18(25)11-22-10-6-5-9-16(22)23/h3-10,13H,11-12H2,1-2H3/t13-/m1/s1. The summed E-state index contributed by atoms with van der Waals surface area (Å²) < 4.78 is 7.30. The van der Waals surface area contributed by atoms with E-state index >= 15 is 0 Å². The van der Waals surface area contributed by atoms with E-state index in [1.165, 1.54) is 33.1 Å². The molecule has 27 heavy (non-hydrogen) atoms. The smallest absolute Gasteiger partial charge is 0.326 e. The molecular formula is C19H19N3O4S. The van der Waals surface area contributed by atoms with Crippen LogP contribution in [0.5, 0.6) is 0 Å². The number of hydrogen-bond acceptors (Lipinski definition) is 6. The van der Waals surface area contributed by atoms with E-state index in [0.29, 0.717) is 0 Å². The van der Waals surface area contributed by atoms with E-state index in [-0.39, 0.29) is 30.7 Å². The Morgan fingerprint density at radius 3 is 2.70 bits per heavy atom. The van der Waals surface area contributed by atoms with E-state index in [0.717, 1.165) is 15.2 Å². The van der Waals surface area contributed by atoms with Crippen molar-refractivity contribution in [2.45, 2.75) is 19.5 Å². The number of carbonyl (C=O) groups is 2. The lowest BCUT2D eigenvalue weighted by Gasteiger charge is -2.23. The molecule has 0 saturated carbocycles. The van der Waals surface area contributed by atoms with Crippen LogP contribution in [-0.2, 0) is 20.9 Å². The highest BCUT2D eigenvalue weighted by Gasteiger charge is 2.21. The monoisotopic (exact) mass is 385 g/mol. The number of esters is 1. The summed E-state index contributed by atoms with van der Waals surface area (Å²) in [5.41, 5.74) is 0.590. The van der Waals surface area contributed by atoms with Gasteiger partial charge in [-0.05, 0) is 25.1 Å². The number of likely N-dealkylation sites (N-methyl/N-ethyl adjacent to an activating group) is 1. The first kappa shape index (κ1) is 18.8. The van der Waals surface area contributed by atoms with Crippen molar-refractivity contribution in [3.05, 3.63) is 64.0 Å². The van der Waals surface area contributed by atoms with Crippen molar-refractivity contribution in [2.75, 3.05) is 13.7 Å². The molecule has 1 aromatic carbocycles. The molecule has 7 nitrogen and oxygen atoms in total. The number of aromatic nitrogens is 2. The highest BCUT2D eigenvalue weighted by atomic mass is 32.1. The Bertz CT molecular complexity index is 994. The van der Waals surface area contributed by atoms with Crippen molar-refractivity contribution in [3.8, 4) is 0 Å². The highest BCUT2D eigenvalue weighted by Crippen LogP contribution is 2.28. The first-order valence-corrected chi connectivity index (χ1v) is 9.19. The third kappa shape index (κ3) is 4.40. The Morgan fingerprint density at radius 1 is 1.22 bits per heavy atom. The zero-order valence-corrected chi connectivity index (χ0v) is 15.8. The minimum atomic E-state index is -0.641. The number of rotatable bonds is 6. The van der Waals surface area contributed by atoms with Gasteiger partial charge in [-0.25, -0.2) is 4.98 Å². The maximum absolute atomic E-state index is 12.4. The molecule has 140 valence electrons. The molecule has 3 aromatic rings. The van der Waals surface area contributed by atoms with Gasteiger partial charge >= 0.3 is 5.97 Å². The molecule has 1 atom stereocenters. The van der Waals surface area contributed by atoms with E-state index in [4.69, 9.17) is 4.74 Å². The summed E-state index contributed by atoms with van der Waals surface area (Å²) in [6.07, 6.45) is 1.49. The number of ether oxygens (including phenoxy) is 1. The van der Waals surface area contributed by atoms with Crippen LogP contribution in [0, 0.1) is 0 Å². The van der Waals surface area contributed by atoms with E-state index in [2.05, 4.69) is 4.98 Å². The zero-order valence-electron chi connectivity index (χ0n) is 15.0. The van der Waals surface area contributed by atoms with Gasteiger partial charge in [0.15, 0.2) is 6.61 Å². The van der Waals surface area contributed by atoms with Crippen LogP contribution in [0.3, 0.4) is 0 Å². The number of nitrogens with zero attached hydrogens (tertiary/aromatic N) is 3. The summed E-state index contributed by atoms with van der Waals surface area (Å²) in [6, 6.07) is 12.1. The largest absolute Gasteiger partial charge is 0.454 e. The maximum Gasteiger partial charge on any atom is 0.326 e. The van der Waals surface area contributed by atoms with Gasteiger partial charge in [0, 0.05) is 19.3 Å². The van der Waals surface area contributed by atoms with Crippen molar-refractivity contribution >= 4 is 33.4 Å². The minimum absolute atomic E-state index is 0.232. The SMILES string of the molecule is C[C@H](c1nc2ccccc2s1)N(C)C(=O)COC(=O)Cn1ccccc1=O. The Hall–Kier alpha value is -3.00. The molecule has 2 aromatic heterocycles. The summed E-state index contributed by atoms with van der Waals surface area (Å²) in [7, 11) is 1.65. The van der Waals surface area contributed by atoms with E-state index in [9.17, 15) is 14.4 Å². The topological polar surface area (TPSA) is 81.5 Å². The number of amides is 1. The van der Waals surface area contributed by atoms with Crippen molar-refractivity contribution in [1.29, 1.82) is 0 Å². The highest BCUT2D eigenvalue weighted by molar-refractivity contribution is 7.18. The second-order valence-electron chi connectivity index (χ2n) is 6.03. The van der Waals surface area contributed by atoms with Crippen LogP contribution in [0.15, 0.2) is 53.5 Å². The van der Waals surface area contributed by atoms with Gasteiger partial charge in [0.25, 0.3) is 11.5 Å². The number of para-hydroxylation sites is 1. The fourth-order valence-corrected chi connectivity index (χ4v) is 3.53. The van der Waals surface area contributed by atoms with Gasteiger partial charge in [-0.3, -0.25) is 14.4 Å². The van der Waals surface area contributed by atoms with Gasteiger partial charge in [-0.15, -0.1) is 11.3 Å². The van der Waals surface area contributed by atoms with Gasteiger partial charge in [0.1, 0.15) is 11.6 Å². The Kier molecular flexibility index (Phi) is 5.66. The van der Waals surface area contributed by atoms with Crippen LogP contribution in [0.2, 0.25) is 0 Å². The Labute approximate surface area is 159 Å². The average molecular weight is 385 g/mol. The molecular weight excluding hydrogens is 366 g/mol. The lowest BCUT2D eigenvalue weighted by Crippen LogP contribution is -2.34. The molecule has 0 aliphatic heterocycles. The van der Waals surface area contributed by atoms with Crippen molar-refractivity contribution in [2.24, 2.45) is 0 Å². The number of carbonyl (C=O) groups excluding carboxylic acids is 2. The third-order valence-electron chi connectivity index (χ3n) is 4.20. The molecule has 3 rings (SSSR count). The maximum atomic E-state index is 12.4. The van der Waals surface area contributed by atoms with Crippen molar-refractivity contribution in [1.82, 2.24) is 14.5 Å². The molecule has 0 spiro atoms. The molecule has 0 saturated heterocycles. The predicted molar refractivity (Wildman–Crippen MR) is 102 cm³/mol. The normalized spacial score (nSPS) is 11.9. The molecule has 0 N–H and O–H groups in total. The molecule has 0 fully saturated rings. The van der Waals surface area contributed by atoms with E-state index in [1.807, 2.05) is 31.2 Å². The third-order valence-corrected chi connectivity index (χ3v) is 5.40. The molecule has 8 heteroatoms. The fourth-order valence-electron chi connectivity index (χ4n) is 2.47. The van der Waals surface area contributed by atoms with Gasteiger partial charge in [0.05, 0.1) is 16.3 Å². The minimum Gasteiger partial charge on any atom is -0.454 e. The first-order chi connectivity index (χ1) is 13.0. The summed E-state index contributed by atoms with van der Waals surface area (Å²) in [5.74, 6) is -0.979. The lowest BCUT2D eigenvalue weighted by molar-refractivity contribution is -0.152. The van der Waals surface area contributed by atoms with Gasteiger partial charge < -0.3 is 14.2 Å². The summed E-state index contributed by atoms with van der Waals surface area (Å²) in [6.45, 7) is 1.26. The number of benzene rings is 1. The number of thiazole rings is 1. The fraction of sp³-hybridized carbons (Fsp3) is 0.263. The van der Waals surface area contributed by atoms with Crippen LogP contribution < -0.4 is 5.56 Å². The predicted octanol–water partition coefficient (Wildman–Crippen LogP) is 2.22. The Morgan fingerprint density at radius 2 is 1.96 bits per heavy atom. The summed E-state index contributed by atoms with van der Waals surface area (Å²) in [5, 5.41) is 0.814. The van der Waals surface area contributed by atoms with Crippen LogP contribution >= 0.6 is 11.3 Å². The quantitative estimate of drug-likeness (QED) is 0.608. The van der Waals surface area contributed by atoms with Crippen LogP contribution in [0.25, 0.3) is 10.2 Å². The van der Waals surface area contributed by atoms with Gasteiger partial charge in [0.2, 0.25) is 0 Å². The van der Waals surface area contributed by atoms with Crippen LogP contribution in [0.4, 0.5) is 0 Å². The van der Waals surface area contributed by atoms with Gasteiger partial charge in [-0.2, -0.15) is 0 Å². The number of hydrogen-bond donors (Lipinski definition) is 0. The molecule has 0 radical (unpaired) electrons. The molecule has 0 bridgehead atoms. The summed E-state index contributed by atoms with van der Waals surface area (Å²) >= 11 is 1.53. The van der Waals surface area contributed by atoms with Crippen molar-refractivity contribution in [3.63, 3.8) is 0 Å². The van der Waals surface area contributed by atoms with E-state index < -0.39 is 5.97 Å². The molecule has 0 unspecified atom stereocenters. The van der Waals surface area contributed by atoms with Crippen molar-refractivity contribution < 1.29 is 14.3 Å². The first-order valence-electron chi connectivity index (χ1n) is 8.38. The number of pyridine rings is 1. The second kappa shape index (κ2) is 8.13. The second-order valence-corrected chi connectivity index (χ2v) is 7.09. The van der Waals surface area contributed by atoms with Crippen LogP contribution in [-0.4, -0.2) is 40.0 Å². The lowest BCUT2D eigenvalue weighted by atomic mass is 10.3. The molecule has 0 aliphatic rings. The zero-order chi connectivity index (χ0) is 19.4. The van der Waals surface area contributed by atoms with E-state index in [1.54, 1.807) is 19.2 Å². The Balaban J connectivity index is 1.57. The molecule has 1 amide bonds. The average Bonchev–Trinajstić information content (AvgIpc) is 3.11. The summed E-state index contributed by atoms with van der Waals surface area (Å²) in [4.78, 5) is 41.9. The molecule has 2 heterocycles. The van der Waals surface area contributed by atoms with Crippen LogP contribution in [0.1, 0.15) is 18.0 Å². The number of fused-ring (bicyclic) bond motifs is 1.